The highest BCUT2D eigenvalue weighted by molar-refractivity contribution is 5.84. The second-order valence-corrected chi connectivity index (χ2v) is 9.40. The smallest absolute Gasteiger partial charge is 0.303 e. The Morgan fingerprint density at radius 1 is 0.912 bits per heavy atom. The molecule has 0 radical (unpaired) electrons. The van der Waals surface area contributed by atoms with Crippen molar-refractivity contribution < 1.29 is 14.6 Å². The van der Waals surface area contributed by atoms with Crippen molar-refractivity contribution >= 4 is 16.9 Å². The minimum Gasteiger partial charge on any atom is -0.489 e. The van der Waals surface area contributed by atoms with Crippen LogP contribution in [0.4, 0.5) is 0 Å². The number of hydrogen-bond donors (Lipinski definition) is 2. The molecule has 0 amide bonds. The van der Waals surface area contributed by atoms with Crippen molar-refractivity contribution in [3.05, 3.63) is 101 Å². The van der Waals surface area contributed by atoms with Gasteiger partial charge >= 0.3 is 5.97 Å². The van der Waals surface area contributed by atoms with Crippen LogP contribution >= 0.6 is 0 Å². The van der Waals surface area contributed by atoms with Gasteiger partial charge in [0.25, 0.3) is 0 Å². The molecule has 0 saturated heterocycles. The van der Waals surface area contributed by atoms with Gasteiger partial charge in [0.15, 0.2) is 0 Å². The number of aryl methyl sites for hydroxylation is 1. The highest BCUT2D eigenvalue weighted by atomic mass is 16.5. The van der Waals surface area contributed by atoms with Gasteiger partial charge < -0.3 is 14.8 Å². The third-order valence-corrected chi connectivity index (χ3v) is 6.10. The van der Waals surface area contributed by atoms with Crippen LogP contribution in [0.5, 0.6) is 5.75 Å². The molecule has 3 aromatic carbocycles. The maximum Gasteiger partial charge on any atom is 0.303 e. The van der Waals surface area contributed by atoms with Crippen molar-refractivity contribution in [2.45, 2.75) is 52.6 Å². The van der Waals surface area contributed by atoms with Crippen molar-refractivity contribution in [3.8, 4) is 5.75 Å². The molecule has 0 saturated carbocycles. The lowest BCUT2D eigenvalue weighted by atomic mass is 10.0. The van der Waals surface area contributed by atoms with E-state index >= 15 is 0 Å². The molecule has 4 rings (SSSR count). The lowest BCUT2D eigenvalue weighted by Gasteiger charge is -2.10. The first-order valence-electron chi connectivity index (χ1n) is 12.1. The van der Waals surface area contributed by atoms with Crippen LogP contribution < -0.4 is 4.74 Å². The molecule has 0 bridgehead atoms. The van der Waals surface area contributed by atoms with Crippen molar-refractivity contribution in [3.63, 3.8) is 0 Å². The molecule has 0 fully saturated rings. The summed E-state index contributed by atoms with van der Waals surface area (Å²) in [5, 5.41) is 10.2. The third-order valence-electron chi connectivity index (χ3n) is 6.10. The zero-order valence-corrected chi connectivity index (χ0v) is 20.0. The van der Waals surface area contributed by atoms with Crippen LogP contribution in [0.25, 0.3) is 10.9 Å². The van der Waals surface area contributed by atoms with Crippen molar-refractivity contribution in [1.29, 1.82) is 0 Å². The van der Waals surface area contributed by atoms with E-state index in [1.807, 2.05) is 24.3 Å². The standard InChI is InChI=1S/C30H33NO3/c1-21(2)18-22-10-12-24(13-11-22)20-34-25-16-14-23(15-17-25)19-29-27(7-5-9-30(32)33)26-6-3-4-8-28(26)31-29/h3-4,6,8,10-17,21,31H,5,7,9,18-20H2,1-2H3,(H,32,33). The van der Waals surface area contributed by atoms with Crippen molar-refractivity contribution in [2.75, 3.05) is 0 Å². The van der Waals surface area contributed by atoms with Crippen LogP contribution in [-0.4, -0.2) is 16.1 Å². The quantitative estimate of drug-likeness (QED) is 0.257. The van der Waals surface area contributed by atoms with E-state index < -0.39 is 5.97 Å². The molecule has 0 aliphatic rings. The van der Waals surface area contributed by atoms with E-state index in [0.717, 1.165) is 36.2 Å². The average molecular weight is 456 g/mol. The lowest BCUT2D eigenvalue weighted by molar-refractivity contribution is -0.137. The number of H-pyrrole nitrogens is 1. The Labute approximate surface area is 201 Å². The van der Waals surface area contributed by atoms with Crippen LogP contribution in [0.1, 0.15) is 54.6 Å². The maximum atomic E-state index is 11.0. The van der Waals surface area contributed by atoms with E-state index in [0.29, 0.717) is 18.9 Å². The van der Waals surface area contributed by atoms with Gasteiger partial charge in [0.1, 0.15) is 12.4 Å². The molecule has 0 unspecified atom stereocenters. The van der Waals surface area contributed by atoms with E-state index in [9.17, 15) is 4.79 Å². The second-order valence-electron chi connectivity index (χ2n) is 9.40. The van der Waals surface area contributed by atoms with Crippen LogP contribution in [0.15, 0.2) is 72.8 Å². The predicted octanol–water partition coefficient (Wildman–Crippen LogP) is 6.94. The van der Waals surface area contributed by atoms with Gasteiger partial charge in [0.05, 0.1) is 0 Å². The first-order chi connectivity index (χ1) is 16.5. The summed E-state index contributed by atoms with van der Waals surface area (Å²) in [5.74, 6) is 0.766. The van der Waals surface area contributed by atoms with Gasteiger partial charge in [-0.1, -0.05) is 68.4 Å². The zero-order valence-electron chi connectivity index (χ0n) is 20.0. The number of benzene rings is 3. The fraction of sp³-hybridized carbons (Fsp3) is 0.300. The minimum absolute atomic E-state index is 0.186. The molecule has 2 N–H and O–H groups in total. The number of fused-ring (bicyclic) bond motifs is 1. The van der Waals surface area contributed by atoms with Crippen LogP contribution in [0.3, 0.4) is 0 Å². The van der Waals surface area contributed by atoms with E-state index in [-0.39, 0.29) is 6.42 Å². The molecular weight excluding hydrogens is 422 g/mol. The fourth-order valence-corrected chi connectivity index (χ4v) is 4.43. The fourth-order valence-electron chi connectivity index (χ4n) is 4.43. The summed E-state index contributed by atoms with van der Waals surface area (Å²) >= 11 is 0. The van der Waals surface area contributed by atoms with Crippen LogP contribution in [0, 0.1) is 5.92 Å². The van der Waals surface area contributed by atoms with Gasteiger partial charge in [-0.2, -0.15) is 0 Å². The van der Waals surface area contributed by atoms with E-state index in [4.69, 9.17) is 9.84 Å². The van der Waals surface area contributed by atoms with Gasteiger partial charge in [0.2, 0.25) is 0 Å². The Kier molecular flexibility index (Phi) is 7.69. The Balaban J connectivity index is 1.40. The third kappa shape index (κ3) is 6.28. The Morgan fingerprint density at radius 3 is 2.29 bits per heavy atom. The second kappa shape index (κ2) is 11.1. The number of aromatic nitrogens is 1. The molecule has 34 heavy (non-hydrogen) atoms. The number of carbonyl (C=O) groups is 1. The molecule has 0 spiro atoms. The molecule has 1 heterocycles. The molecule has 0 aliphatic heterocycles. The first kappa shape index (κ1) is 23.6. The van der Waals surface area contributed by atoms with E-state index in [1.54, 1.807) is 0 Å². The number of aromatic amines is 1. The summed E-state index contributed by atoms with van der Waals surface area (Å²) in [6.45, 7) is 5.02. The highest BCUT2D eigenvalue weighted by Crippen LogP contribution is 2.27. The predicted molar refractivity (Wildman–Crippen MR) is 137 cm³/mol. The monoisotopic (exact) mass is 455 g/mol. The Bertz CT molecular complexity index is 1220. The lowest BCUT2D eigenvalue weighted by Crippen LogP contribution is -1.99. The first-order valence-corrected chi connectivity index (χ1v) is 12.1. The summed E-state index contributed by atoms with van der Waals surface area (Å²) < 4.78 is 6.00. The number of carboxylic acids is 1. The number of rotatable bonds is 11. The van der Waals surface area contributed by atoms with Gasteiger partial charge in [0, 0.05) is 29.4 Å². The zero-order chi connectivity index (χ0) is 23.9. The number of carboxylic acid groups (broad SMARTS) is 1. The summed E-state index contributed by atoms with van der Waals surface area (Å²) in [6.07, 6.45) is 3.44. The molecule has 4 nitrogen and oxygen atoms in total. The summed E-state index contributed by atoms with van der Waals surface area (Å²) in [4.78, 5) is 14.5. The Morgan fingerprint density at radius 2 is 1.59 bits per heavy atom. The number of nitrogens with one attached hydrogen (secondary N) is 1. The van der Waals surface area contributed by atoms with Crippen LogP contribution in [-0.2, 0) is 30.7 Å². The highest BCUT2D eigenvalue weighted by Gasteiger charge is 2.12. The normalized spacial score (nSPS) is 11.3. The number of ether oxygens (including phenoxy) is 1. The largest absolute Gasteiger partial charge is 0.489 e. The van der Waals surface area contributed by atoms with Gasteiger partial charge in [-0.25, -0.2) is 0 Å². The SMILES string of the molecule is CC(C)Cc1ccc(COc2ccc(Cc3[nH]c4ccccc4c3CCCC(=O)O)cc2)cc1. The van der Waals surface area contributed by atoms with E-state index in [2.05, 4.69) is 67.4 Å². The number of para-hydroxylation sites is 1. The summed E-state index contributed by atoms with van der Waals surface area (Å²) in [7, 11) is 0. The van der Waals surface area contributed by atoms with Gasteiger partial charge in [-0.15, -0.1) is 0 Å². The maximum absolute atomic E-state index is 11.0. The van der Waals surface area contributed by atoms with Gasteiger partial charge in [-0.3, -0.25) is 4.79 Å². The summed E-state index contributed by atoms with van der Waals surface area (Å²) in [5.41, 5.74) is 7.20. The molecule has 0 aliphatic carbocycles. The Hall–Kier alpha value is -3.53. The molecule has 0 atom stereocenters. The number of hydrogen-bond acceptors (Lipinski definition) is 2. The summed E-state index contributed by atoms with van der Waals surface area (Å²) in [6, 6.07) is 25.2. The number of aliphatic carboxylic acids is 1. The molecule has 4 heteroatoms. The molecule has 4 aromatic rings. The van der Waals surface area contributed by atoms with E-state index in [1.165, 1.54) is 27.6 Å². The topological polar surface area (TPSA) is 62.3 Å². The molecule has 176 valence electrons. The average Bonchev–Trinajstić information content (AvgIpc) is 3.16. The molecule has 1 aromatic heterocycles. The molecular formula is C30H33NO3. The van der Waals surface area contributed by atoms with Crippen molar-refractivity contribution in [2.24, 2.45) is 5.92 Å². The van der Waals surface area contributed by atoms with Gasteiger partial charge in [-0.05, 0) is 65.6 Å². The minimum atomic E-state index is -0.747. The van der Waals surface area contributed by atoms with Crippen molar-refractivity contribution in [1.82, 2.24) is 4.98 Å². The van der Waals surface area contributed by atoms with Crippen LogP contribution in [0.2, 0.25) is 0 Å².